The fourth-order valence-electron chi connectivity index (χ4n) is 4.78. The Kier molecular flexibility index (Phi) is 5.56. The smallest absolute Gasteiger partial charge is 0.167 e. The van der Waals surface area contributed by atoms with Crippen LogP contribution in [0.4, 0.5) is 5.82 Å². The molecular weight excluding hydrogens is 414 g/mol. The lowest BCUT2D eigenvalue weighted by molar-refractivity contribution is -0.105. The number of hydrogen-bond donors (Lipinski definition) is 3. The molecule has 1 aromatic carbocycles. The number of aryl methyl sites for hydroxylation is 1. The second-order valence-corrected chi connectivity index (χ2v) is 8.40. The molecule has 32 heavy (non-hydrogen) atoms. The Bertz CT molecular complexity index is 1110. The molecule has 4 N–H and O–H groups in total. The standard InChI is InChI=1S/C22H27N5O5/c1-30-18-17(28)15(32-21(18)27-12-26-16-19(23)24-11-25-20(16)27)9-31-10-22(29)8-4-6-13-5-2-3-7-14(13)22/h2-3,5,7,11-12,15,17-18,21,28-29H,4,6,8-10H2,1H3,(H2,23,24,25)/t15-,17-,18-,21-,22?/m1/s1. The highest BCUT2D eigenvalue weighted by atomic mass is 16.6. The van der Waals surface area contributed by atoms with Gasteiger partial charge in [0.1, 0.15) is 35.8 Å². The molecule has 170 valence electrons. The van der Waals surface area contributed by atoms with Gasteiger partial charge in [0.15, 0.2) is 17.7 Å². The van der Waals surface area contributed by atoms with Crippen LogP contribution in [0.5, 0.6) is 0 Å². The van der Waals surface area contributed by atoms with Crippen LogP contribution in [-0.2, 0) is 26.2 Å². The van der Waals surface area contributed by atoms with Crippen LogP contribution in [0.1, 0.15) is 30.2 Å². The highest BCUT2D eigenvalue weighted by Crippen LogP contribution is 2.37. The van der Waals surface area contributed by atoms with E-state index in [1.54, 1.807) is 10.9 Å². The summed E-state index contributed by atoms with van der Waals surface area (Å²) < 4.78 is 19.2. The topological polar surface area (TPSA) is 138 Å². The van der Waals surface area contributed by atoms with Gasteiger partial charge in [-0.1, -0.05) is 24.3 Å². The molecule has 3 aromatic rings. The summed E-state index contributed by atoms with van der Waals surface area (Å²) in [5.41, 5.74) is 7.84. The van der Waals surface area contributed by atoms with Crippen molar-refractivity contribution in [3.8, 4) is 0 Å². The SMILES string of the molecule is CO[C@@H]1[C@H](O)[C@@H](COCC2(O)CCCc3ccccc32)O[C@H]1n1cnc2c(N)ncnc21. The number of aliphatic hydroxyl groups is 2. The molecule has 5 rings (SSSR count). The van der Waals surface area contributed by atoms with E-state index in [4.69, 9.17) is 19.9 Å². The van der Waals surface area contributed by atoms with E-state index in [9.17, 15) is 10.2 Å². The molecule has 10 nitrogen and oxygen atoms in total. The Morgan fingerprint density at radius 3 is 2.97 bits per heavy atom. The van der Waals surface area contributed by atoms with Gasteiger partial charge in [0.2, 0.25) is 0 Å². The molecule has 1 saturated heterocycles. The third-order valence-electron chi connectivity index (χ3n) is 6.42. The maximum absolute atomic E-state index is 11.2. The molecule has 10 heteroatoms. The number of methoxy groups -OCH3 is 1. The zero-order chi connectivity index (χ0) is 22.3. The van der Waals surface area contributed by atoms with Crippen molar-refractivity contribution in [3.05, 3.63) is 48.0 Å². The predicted molar refractivity (Wildman–Crippen MR) is 115 cm³/mol. The quantitative estimate of drug-likeness (QED) is 0.510. The summed E-state index contributed by atoms with van der Waals surface area (Å²) in [5.74, 6) is 0.266. The zero-order valence-electron chi connectivity index (χ0n) is 17.8. The molecule has 0 spiro atoms. The van der Waals surface area contributed by atoms with Crippen molar-refractivity contribution in [2.24, 2.45) is 0 Å². The number of fused-ring (bicyclic) bond motifs is 2. The van der Waals surface area contributed by atoms with Gasteiger partial charge in [-0.2, -0.15) is 0 Å². The van der Waals surface area contributed by atoms with Crippen molar-refractivity contribution in [1.29, 1.82) is 0 Å². The summed E-state index contributed by atoms with van der Waals surface area (Å²) in [7, 11) is 1.51. The van der Waals surface area contributed by atoms with E-state index in [1.165, 1.54) is 13.4 Å². The Balaban J connectivity index is 1.30. The van der Waals surface area contributed by atoms with Gasteiger partial charge in [-0.3, -0.25) is 4.57 Å². The molecule has 0 bridgehead atoms. The van der Waals surface area contributed by atoms with E-state index in [-0.39, 0.29) is 19.0 Å². The van der Waals surface area contributed by atoms with E-state index in [0.29, 0.717) is 17.6 Å². The van der Waals surface area contributed by atoms with Crippen molar-refractivity contribution < 1.29 is 24.4 Å². The van der Waals surface area contributed by atoms with Gasteiger partial charge >= 0.3 is 0 Å². The number of nitrogens with two attached hydrogens (primary N) is 1. The van der Waals surface area contributed by atoms with Crippen LogP contribution in [-0.4, -0.2) is 68.4 Å². The summed E-state index contributed by atoms with van der Waals surface area (Å²) in [6.45, 7) is 0.225. The number of nitrogen functional groups attached to an aromatic ring is 1. The number of benzene rings is 1. The average Bonchev–Trinajstić information content (AvgIpc) is 3.36. The highest BCUT2D eigenvalue weighted by Gasteiger charge is 2.46. The van der Waals surface area contributed by atoms with Crippen molar-refractivity contribution in [2.45, 2.75) is 49.4 Å². The average molecular weight is 441 g/mol. The van der Waals surface area contributed by atoms with Gasteiger partial charge < -0.3 is 30.2 Å². The molecule has 0 saturated carbocycles. The van der Waals surface area contributed by atoms with Crippen LogP contribution < -0.4 is 5.73 Å². The van der Waals surface area contributed by atoms with E-state index in [2.05, 4.69) is 15.0 Å². The Morgan fingerprint density at radius 2 is 2.12 bits per heavy atom. The third kappa shape index (κ3) is 3.54. The van der Waals surface area contributed by atoms with Gasteiger partial charge in [0.25, 0.3) is 0 Å². The summed E-state index contributed by atoms with van der Waals surface area (Å²) in [5, 5.41) is 22.0. The van der Waals surface area contributed by atoms with Crippen molar-refractivity contribution >= 4 is 17.0 Å². The zero-order valence-corrected chi connectivity index (χ0v) is 17.8. The number of nitrogens with zero attached hydrogens (tertiary/aromatic N) is 4. The van der Waals surface area contributed by atoms with Crippen molar-refractivity contribution in [2.75, 3.05) is 26.1 Å². The minimum Gasteiger partial charge on any atom is -0.387 e. The summed E-state index contributed by atoms with van der Waals surface area (Å²) in [4.78, 5) is 12.5. The molecule has 0 amide bonds. The molecule has 2 aliphatic rings. The van der Waals surface area contributed by atoms with E-state index >= 15 is 0 Å². The van der Waals surface area contributed by atoms with Gasteiger partial charge in [-0.25, -0.2) is 15.0 Å². The van der Waals surface area contributed by atoms with E-state index in [0.717, 1.165) is 24.0 Å². The Hall–Kier alpha value is -2.63. The fourth-order valence-corrected chi connectivity index (χ4v) is 4.78. The number of imidazole rings is 1. The summed E-state index contributed by atoms with van der Waals surface area (Å²) >= 11 is 0. The lowest BCUT2D eigenvalue weighted by Gasteiger charge is -2.34. The molecule has 1 fully saturated rings. The molecule has 0 radical (unpaired) electrons. The van der Waals surface area contributed by atoms with Gasteiger partial charge in [0, 0.05) is 7.11 Å². The third-order valence-corrected chi connectivity index (χ3v) is 6.42. The number of hydrogen-bond acceptors (Lipinski definition) is 9. The second kappa shape index (κ2) is 8.38. The summed E-state index contributed by atoms with van der Waals surface area (Å²) in [6.07, 6.45) is 2.47. The van der Waals surface area contributed by atoms with Crippen molar-refractivity contribution in [1.82, 2.24) is 19.5 Å². The first-order valence-electron chi connectivity index (χ1n) is 10.7. The number of ether oxygens (including phenoxy) is 3. The van der Waals surface area contributed by atoms with Gasteiger partial charge in [-0.05, 0) is 30.4 Å². The van der Waals surface area contributed by atoms with Crippen molar-refractivity contribution in [3.63, 3.8) is 0 Å². The molecule has 1 aliphatic heterocycles. The molecule has 5 atom stereocenters. The number of anilines is 1. The van der Waals surface area contributed by atoms with Crippen LogP contribution in [0.2, 0.25) is 0 Å². The van der Waals surface area contributed by atoms with E-state index in [1.807, 2.05) is 24.3 Å². The first-order valence-corrected chi connectivity index (χ1v) is 10.7. The Labute approximate surface area is 185 Å². The Morgan fingerprint density at radius 1 is 1.28 bits per heavy atom. The lowest BCUT2D eigenvalue weighted by atomic mass is 9.79. The maximum atomic E-state index is 11.2. The number of aliphatic hydroxyl groups excluding tert-OH is 1. The molecule has 3 heterocycles. The van der Waals surface area contributed by atoms with Crippen LogP contribution in [0.25, 0.3) is 11.2 Å². The maximum Gasteiger partial charge on any atom is 0.167 e. The lowest BCUT2D eigenvalue weighted by Crippen LogP contribution is -2.39. The van der Waals surface area contributed by atoms with E-state index < -0.39 is 30.1 Å². The first-order chi connectivity index (χ1) is 15.5. The minimum absolute atomic E-state index is 0.103. The van der Waals surface area contributed by atoms with Crippen LogP contribution >= 0.6 is 0 Å². The fraction of sp³-hybridized carbons (Fsp3) is 0.500. The number of aromatic nitrogens is 4. The second-order valence-electron chi connectivity index (χ2n) is 8.40. The molecular formula is C22H27N5O5. The predicted octanol–water partition coefficient (Wildman–Crippen LogP) is 0.922. The molecule has 1 aliphatic carbocycles. The van der Waals surface area contributed by atoms with Gasteiger partial charge in [-0.15, -0.1) is 0 Å². The largest absolute Gasteiger partial charge is 0.387 e. The van der Waals surface area contributed by atoms with Crippen LogP contribution in [0.15, 0.2) is 36.9 Å². The monoisotopic (exact) mass is 441 g/mol. The number of rotatable bonds is 6. The van der Waals surface area contributed by atoms with Crippen LogP contribution in [0.3, 0.4) is 0 Å². The summed E-state index contributed by atoms with van der Waals surface area (Å²) in [6, 6.07) is 7.91. The van der Waals surface area contributed by atoms with Crippen LogP contribution in [0, 0.1) is 0 Å². The molecule has 2 aromatic heterocycles. The minimum atomic E-state index is -1.05. The molecule has 1 unspecified atom stereocenters. The first kappa shape index (κ1) is 21.2. The van der Waals surface area contributed by atoms with Gasteiger partial charge in [0.05, 0.1) is 19.5 Å². The highest BCUT2D eigenvalue weighted by molar-refractivity contribution is 5.81. The normalized spacial score (nSPS) is 30.0.